The molecular formula is C16H11FN2O2S. The molecule has 0 bridgehead atoms. The first-order valence-electron chi connectivity index (χ1n) is 6.44. The molecule has 0 radical (unpaired) electrons. The lowest BCUT2D eigenvalue weighted by Crippen LogP contribution is -2.19. The molecule has 3 rings (SSSR count). The summed E-state index contributed by atoms with van der Waals surface area (Å²) in [5.41, 5.74) is 1.23. The Morgan fingerprint density at radius 2 is 1.95 bits per heavy atom. The van der Waals surface area contributed by atoms with Crippen LogP contribution in [0.2, 0.25) is 0 Å². The van der Waals surface area contributed by atoms with Gasteiger partial charge in [0.1, 0.15) is 11.6 Å². The van der Waals surface area contributed by atoms with E-state index >= 15 is 0 Å². The summed E-state index contributed by atoms with van der Waals surface area (Å²) in [7, 11) is 0. The Morgan fingerprint density at radius 3 is 2.68 bits per heavy atom. The molecule has 0 saturated carbocycles. The molecule has 1 amide bonds. The molecule has 1 fully saturated rings. The highest BCUT2D eigenvalue weighted by atomic mass is 32.2. The van der Waals surface area contributed by atoms with Crippen molar-refractivity contribution < 1.29 is 14.3 Å². The number of rotatable bonds is 2. The molecule has 0 atom stereocenters. The van der Waals surface area contributed by atoms with Crippen LogP contribution in [-0.2, 0) is 4.79 Å². The first-order valence-corrected chi connectivity index (χ1v) is 7.26. The number of hydrogen-bond acceptors (Lipinski definition) is 4. The van der Waals surface area contributed by atoms with E-state index in [4.69, 9.17) is 0 Å². The smallest absolute Gasteiger partial charge is 0.264 e. The Hall–Kier alpha value is -2.60. The lowest BCUT2D eigenvalue weighted by atomic mass is 10.2. The van der Waals surface area contributed by atoms with Gasteiger partial charge >= 0.3 is 0 Å². The molecule has 2 aromatic carbocycles. The lowest BCUT2D eigenvalue weighted by Gasteiger charge is -1.96. The molecule has 110 valence electrons. The van der Waals surface area contributed by atoms with Crippen molar-refractivity contribution in [3.63, 3.8) is 0 Å². The minimum absolute atomic E-state index is 0.152. The number of amides is 1. The fraction of sp³-hybridized carbons (Fsp3) is 0. The number of aliphatic imine (C=N–C) groups is 1. The monoisotopic (exact) mass is 314 g/mol. The Balaban J connectivity index is 1.82. The number of hydrogen-bond donors (Lipinski definition) is 2. The summed E-state index contributed by atoms with van der Waals surface area (Å²) in [5.74, 6) is -0.471. The third kappa shape index (κ3) is 3.35. The number of thioether (sulfide) groups is 1. The van der Waals surface area contributed by atoms with Crippen LogP contribution in [0.1, 0.15) is 5.56 Å². The zero-order chi connectivity index (χ0) is 15.5. The van der Waals surface area contributed by atoms with Gasteiger partial charge in [-0.05, 0) is 59.8 Å². The van der Waals surface area contributed by atoms with Crippen LogP contribution >= 0.6 is 11.8 Å². The van der Waals surface area contributed by atoms with E-state index in [1.807, 2.05) is 0 Å². The van der Waals surface area contributed by atoms with Crippen LogP contribution in [0.4, 0.5) is 10.1 Å². The topological polar surface area (TPSA) is 61.7 Å². The first-order chi connectivity index (χ1) is 10.6. The number of phenolic OH excluding ortho intramolecular Hbond substituents is 1. The summed E-state index contributed by atoms with van der Waals surface area (Å²) in [6, 6.07) is 12.3. The predicted molar refractivity (Wildman–Crippen MR) is 85.3 cm³/mol. The van der Waals surface area contributed by atoms with Crippen molar-refractivity contribution in [3.8, 4) is 5.75 Å². The van der Waals surface area contributed by atoms with E-state index < -0.39 is 0 Å². The normalized spacial score (nSPS) is 18.0. The maximum Gasteiger partial charge on any atom is 0.264 e. The minimum Gasteiger partial charge on any atom is -0.508 e. The van der Waals surface area contributed by atoms with Crippen molar-refractivity contribution in [1.29, 1.82) is 0 Å². The highest BCUT2D eigenvalue weighted by Gasteiger charge is 2.23. The number of halogens is 1. The quantitative estimate of drug-likeness (QED) is 0.835. The second-order valence-electron chi connectivity index (χ2n) is 4.55. The number of carbonyl (C=O) groups is 1. The van der Waals surface area contributed by atoms with Crippen molar-refractivity contribution >= 4 is 34.6 Å². The molecule has 0 spiro atoms. The molecule has 22 heavy (non-hydrogen) atoms. The molecule has 1 aliphatic heterocycles. The first kappa shape index (κ1) is 14.3. The van der Waals surface area contributed by atoms with E-state index in [1.165, 1.54) is 36.0 Å². The number of amidine groups is 1. The molecule has 2 aromatic rings. The number of benzene rings is 2. The van der Waals surface area contributed by atoms with Crippen molar-refractivity contribution in [3.05, 3.63) is 64.8 Å². The van der Waals surface area contributed by atoms with Crippen molar-refractivity contribution in [2.45, 2.75) is 0 Å². The Labute approximate surface area is 130 Å². The van der Waals surface area contributed by atoms with Crippen LogP contribution < -0.4 is 5.32 Å². The van der Waals surface area contributed by atoms with Gasteiger partial charge in [0.15, 0.2) is 5.17 Å². The van der Waals surface area contributed by atoms with E-state index in [0.717, 1.165) is 0 Å². The molecule has 2 N–H and O–H groups in total. The van der Waals surface area contributed by atoms with Gasteiger partial charge < -0.3 is 10.4 Å². The van der Waals surface area contributed by atoms with Crippen LogP contribution in [0.5, 0.6) is 5.75 Å². The Kier molecular flexibility index (Phi) is 3.93. The van der Waals surface area contributed by atoms with E-state index in [9.17, 15) is 14.3 Å². The van der Waals surface area contributed by atoms with Crippen molar-refractivity contribution in [2.24, 2.45) is 4.99 Å². The zero-order valence-corrected chi connectivity index (χ0v) is 12.1. The summed E-state index contributed by atoms with van der Waals surface area (Å²) in [4.78, 5) is 16.6. The molecule has 4 nitrogen and oxygen atoms in total. The van der Waals surface area contributed by atoms with Crippen LogP contribution in [0.3, 0.4) is 0 Å². The maximum atomic E-state index is 13.2. The van der Waals surface area contributed by atoms with E-state index in [1.54, 1.807) is 30.3 Å². The van der Waals surface area contributed by atoms with Gasteiger partial charge in [-0.2, -0.15) is 0 Å². The third-order valence-electron chi connectivity index (χ3n) is 2.88. The van der Waals surface area contributed by atoms with E-state index in [2.05, 4.69) is 10.3 Å². The average Bonchev–Trinajstić information content (AvgIpc) is 2.81. The molecule has 0 aromatic heterocycles. The van der Waals surface area contributed by atoms with Gasteiger partial charge in [-0.15, -0.1) is 0 Å². The average molecular weight is 314 g/mol. The van der Waals surface area contributed by atoms with Crippen LogP contribution in [0.25, 0.3) is 6.08 Å². The number of nitrogens with one attached hydrogen (secondary N) is 1. The van der Waals surface area contributed by atoms with Gasteiger partial charge in [0.2, 0.25) is 0 Å². The molecule has 0 unspecified atom stereocenters. The SMILES string of the molecule is O=C1NC(=Nc2ccc(O)cc2)SC1=Cc1cccc(F)c1. The Bertz CT molecular complexity index is 785. The Morgan fingerprint density at radius 1 is 1.18 bits per heavy atom. The zero-order valence-electron chi connectivity index (χ0n) is 11.3. The van der Waals surface area contributed by atoms with Gasteiger partial charge in [0.05, 0.1) is 10.6 Å². The van der Waals surface area contributed by atoms with Gasteiger partial charge in [-0.25, -0.2) is 9.38 Å². The summed E-state index contributed by atoms with van der Waals surface area (Å²) < 4.78 is 13.2. The van der Waals surface area contributed by atoms with Gasteiger partial charge in [-0.3, -0.25) is 4.79 Å². The second kappa shape index (κ2) is 6.03. The number of aromatic hydroxyl groups is 1. The van der Waals surface area contributed by atoms with E-state index in [0.29, 0.717) is 21.3 Å². The number of nitrogens with zero attached hydrogens (tertiary/aromatic N) is 1. The molecule has 1 saturated heterocycles. The highest BCUT2D eigenvalue weighted by molar-refractivity contribution is 8.18. The van der Waals surface area contributed by atoms with Crippen LogP contribution in [-0.4, -0.2) is 16.2 Å². The summed E-state index contributed by atoms with van der Waals surface area (Å²) in [6.07, 6.45) is 1.61. The second-order valence-corrected chi connectivity index (χ2v) is 5.58. The number of carbonyl (C=O) groups excluding carboxylic acids is 1. The fourth-order valence-corrected chi connectivity index (χ4v) is 2.71. The molecule has 6 heteroatoms. The molecular weight excluding hydrogens is 303 g/mol. The van der Waals surface area contributed by atoms with E-state index in [-0.39, 0.29) is 17.5 Å². The molecule has 1 heterocycles. The van der Waals surface area contributed by atoms with Crippen LogP contribution in [0, 0.1) is 5.82 Å². The maximum absolute atomic E-state index is 13.2. The fourth-order valence-electron chi connectivity index (χ4n) is 1.87. The predicted octanol–water partition coefficient (Wildman–Crippen LogP) is 3.42. The summed E-state index contributed by atoms with van der Waals surface area (Å²) in [6.45, 7) is 0. The standard InChI is InChI=1S/C16H11FN2O2S/c17-11-3-1-2-10(8-11)9-14-15(21)19-16(22-14)18-12-4-6-13(20)7-5-12/h1-9,20H,(H,18,19,21). The third-order valence-corrected chi connectivity index (χ3v) is 3.79. The van der Waals surface area contributed by atoms with Gasteiger partial charge in [-0.1, -0.05) is 12.1 Å². The largest absolute Gasteiger partial charge is 0.508 e. The van der Waals surface area contributed by atoms with Gasteiger partial charge in [0.25, 0.3) is 5.91 Å². The summed E-state index contributed by atoms with van der Waals surface area (Å²) >= 11 is 1.18. The van der Waals surface area contributed by atoms with Crippen molar-refractivity contribution in [2.75, 3.05) is 0 Å². The van der Waals surface area contributed by atoms with Crippen LogP contribution in [0.15, 0.2) is 58.4 Å². The molecule has 1 aliphatic rings. The van der Waals surface area contributed by atoms with Crippen molar-refractivity contribution in [1.82, 2.24) is 5.32 Å². The number of phenols is 1. The summed E-state index contributed by atoms with van der Waals surface area (Å²) in [5, 5.41) is 12.3. The highest BCUT2D eigenvalue weighted by Crippen LogP contribution is 2.28. The van der Waals surface area contributed by atoms with Gasteiger partial charge in [0, 0.05) is 0 Å². The lowest BCUT2D eigenvalue weighted by molar-refractivity contribution is -0.115. The molecule has 0 aliphatic carbocycles. The minimum atomic E-state index is -0.351.